The summed E-state index contributed by atoms with van der Waals surface area (Å²) in [5, 5.41) is 11.9. The van der Waals surface area contributed by atoms with Crippen molar-refractivity contribution in [3.8, 4) is 5.75 Å². The van der Waals surface area contributed by atoms with E-state index in [2.05, 4.69) is 17.4 Å². The van der Waals surface area contributed by atoms with Gasteiger partial charge in [-0.15, -0.1) is 0 Å². The normalized spacial score (nSPS) is 10.4. The number of ether oxygens (including phenoxy) is 1. The van der Waals surface area contributed by atoms with Gasteiger partial charge in [-0.1, -0.05) is 18.6 Å². The average Bonchev–Trinajstić information content (AvgIpc) is 2.39. The van der Waals surface area contributed by atoms with Crippen LogP contribution in [0, 0.1) is 0 Å². The molecule has 0 fully saturated rings. The first-order chi connectivity index (χ1) is 9.22. The molecule has 0 unspecified atom stereocenters. The lowest BCUT2D eigenvalue weighted by Gasteiger charge is -2.06. The van der Waals surface area contributed by atoms with Crippen molar-refractivity contribution < 1.29 is 14.6 Å². The number of carboxylic acid groups (broad SMARTS) is 1. The van der Waals surface area contributed by atoms with Crippen LogP contribution in [0.3, 0.4) is 0 Å². The fourth-order valence-electron chi connectivity index (χ4n) is 1.81. The summed E-state index contributed by atoms with van der Waals surface area (Å²) in [6.45, 7) is 4.42. The minimum absolute atomic E-state index is 0.277. The molecule has 0 aromatic heterocycles. The van der Waals surface area contributed by atoms with Gasteiger partial charge in [-0.05, 0) is 44.0 Å². The van der Waals surface area contributed by atoms with Gasteiger partial charge in [0.05, 0.1) is 6.61 Å². The molecule has 4 nitrogen and oxygen atoms in total. The number of hydrogen-bond donors (Lipinski definition) is 2. The van der Waals surface area contributed by atoms with Crippen molar-refractivity contribution >= 4 is 5.97 Å². The third-order valence-electron chi connectivity index (χ3n) is 2.81. The third kappa shape index (κ3) is 7.47. The molecule has 0 radical (unpaired) electrons. The van der Waals surface area contributed by atoms with Crippen LogP contribution in [-0.4, -0.2) is 24.2 Å². The Morgan fingerprint density at radius 1 is 1.21 bits per heavy atom. The van der Waals surface area contributed by atoms with E-state index in [-0.39, 0.29) is 6.42 Å². The number of rotatable bonds is 10. The number of nitrogens with one attached hydrogen (secondary N) is 1. The minimum atomic E-state index is -0.706. The lowest BCUT2D eigenvalue weighted by Crippen LogP contribution is -2.14. The molecule has 1 aromatic carbocycles. The Morgan fingerprint density at radius 2 is 1.95 bits per heavy atom. The molecule has 0 aliphatic rings. The van der Waals surface area contributed by atoms with Gasteiger partial charge < -0.3 is 15.2 Å². The van der Waals surface area contributed by atoms with E-state index in [0.29, 0.717) is 6.61 Å². The Hall–Kier alpha value is -1.55. The number of carbonyl (C=O) groups is 1. The van der Waals surface area contributed by atoms with Gasteiger partial charge in [-0.25, -0.2) is 0 Å². The molecule has 1 aromatic rings. The Kier molecular flexibility index (Phi) is 7.66. The maximum Gasteiger partial charge on any atom is 0.303 e. The number of unbranched alkanes of at least 4 members (excludes halogenated alkanes) is 2. The molecular weight excluding hydrogens is 242 g/mol. The molecule has 0 aliphatic heterocycles. The molecule has 0 saturated carbocycles. The Morgan fingerprint density at radius 3 is 2.58 bits per heavy atom. The van der Waals surface area contributed by atoms with E-state index in [4.69, 9.17) is 9.84 Å². The summed E-state index contributed by atoms with van der Waals surface area (Å²) in [5.41, 5.74) is 1.23. The van der Waals surface area contributed by atoms with Crippen molar-refractivity contribution in [1.29, 1.82) is 0 Å². The van der Waals surface area contributed by atoms with Crippen LogP contribution >= 0.6 is 0 Å². The van der Waals surface area contributed by atoms with Crippen molar-refractivity contribution in [2.45, 2.75) is 39.2 Å². The number of hydrogen-bond acceptors (Lipinski definition) is 3. The molecule has 0 spiro atoms. The molecule has 1 rings (SSSR count). The van der Waals surface area contributed by atoms with E-state index >= 15 is 0 Å². The molecule has 2 N–H and O–H groups in total. The monoisotopic (exact) mass is 265 g/mol. The van der Waals surface area contributed by atoms with Crippen LogP contribution in [0.2, 0.25) is 0 Å². The largest absolute Gasteiger partial charge is 0.494 e. The van der Waals surface area contributed by atoms with Gasteiger partial charge in [0.15, 0.2) is 0 Å². The Balaban J connectivity index is 2.07. The number of benzene rings is 1. The van der Waals surface area contributed by atoms with Crippen LogP contribution in [0.4, 0.5) is 0 Å². The van der Waals surface area contributed by atoms with Crippen LogP contribution in [-0.2, 0) is 11.3 Å². The minimum Gasteiger partial charge on any atom is -0.494 e. The molecule has 0 aliphatic carbocycles. The zero-order valence-electron chi connectivity index (χ0n) is 11.5. The zero-order chi connectivity index (χ0) is 13.9. The standard InChI is InChI=1S/C15H23NO3/c1-2-19-14-9-7-13(8-10-14)12-16-11-5-3-4-6-15(17)18/h7-10,16H,2-6,11-12H2,1H3,(H,17,18). The summed E-state index contributed by atoms with van der Waals surface area (Å²) < 4.78 is 5.38. The van der Waals surface area contributed by atoms with Gasteiger partial charge in [0, 0.05) is 13.0 Å². The average molecular weight is 265 g/mol. The van der Waals surface area contributed by atoms with Crippen molar-refractivity contribution in [1.82, 2.24) is 5.32 Å². The number of carboxylic acids is 1. The lowest BCUT2D eigenvalue weighted by atomic mass is 10.2. The Labute approximate surface area is 114 Å². The van der Waals surface area contributed by atoms with E-state index < -0.39 is 5.97 Å². The predicted octanol–water partition coefficient (Wildman–Crippen LogP) is 2.82. The van der Waals surface area contributed by atoms with E-state index in [1.165, 1.54) is 5.56 Å². The summed E-state index contributed by atoms with van der Waals surface area (Å²) in [6, 6.07) is 8.07. The SMILES string of the molecule is CCOc1ccc(CNCCCCCC(=O)O)cc1. The lowest BCUT2D eigenvalue weighted by molar-refractivity contribution is -0.137. The second-order valence-corrected chi connectivity index (χ2v) is 4.46. The van der Waals surface area contributed by atoms with E-state index in [1.54, 1.807) is 0 Å². The van der Waals surface area contributed by atoms with Crippen molar-refractivity contribution in [2.75, 3.05) is 13.2 Å². The van der Waals surface area contributed by atoms with Crippen molar-refractivity contribution in [2.24, 2.45) is 0 Å². The van der Waals surface area contributed by atoms with Crippen LogP contribution in [0.25, 0.3) is 0 Å². The summed E-state index contributed by atoms with van der Waals surface area (Å²) in [5.74, 6) is 0.197. The summed E-state index contributed by atoms with van der Waals surface area (Å²) in [4.78, 5) is 10.3. The van der Waals surface area contributed by atoms with Gasteiger partial charge in [0.1, 0.15) is 5.75 Å². The highest BCUT2D eigenvalue weighted by atomic mass is 16.5. The third-order valence-corrected chi connectivity index (χ3v) is 2.81. The Bertz CT molecular complexity index is 362. The molecule has 19 heavy (non-hydrogen) atoms. The first-order valence-electron chi connectivity index (χ1n) is 6.86. The predicted molar refractivity (Wildman–Crippen MR) is 75.4 cm³/mol. The van der Waals surface area contributed by atoms with Crippen LogP contribution in [0.15, 0.2) is 24.3 Å². The molecule has 0 saturated heterocycles. The van der Waals surface area contributed by atoms with Gasteiger partial charge in [-0.3, -0.25) is 4.79 Å². The van der Waals surface area contributed by atoms with Crippen LogP contribution in [0.5, 0.6) is 5.75 Å². The van der Waals surface area contributed by atoms with Crippen molar-refractivity contribution in [3.63, 3.8) is 0 Å². The smallest absolute Gasteiger partial charge is 0.303 e. The summed E-state index contributed by atoms with van der Waals surface area (Å²) in [7, 11) is 0. The van der Waals surface area contributed by atoms with Crippen LogP contribution in [0.1, 0.15) is 38.2 Å². The second kappa shape index (κ2) is 9.39. The van der Waals surface area contributed by atoms with Gasteiger partial charge in [0.25, 0.3) is 0 Å². The first-order valence-corrected chi connectivity index (χ1v) is 6.86. The first kappa shape index (κ1) is 15.5. The quantitative estimate of drug-likeness (QED) is 0.639. The highest BCUT2D eigenvalue weighted by Gasteiger charge is 1.97. The molecule has 0 atom stereocenters. The van der Waals surface area contributed by atoms with Gasteiger partial charge in [-0.2, -0.15) is 0 Å². The molecular formula is C15H23NO3. The fourth-order valence-corrected chi connectivity index (χ4v) is 1.81. The fraction of sp³-hybridized carbons (Fsp3) is 0.533. The van der Waals surface area contributed by atoms with E-state index in [9.17, 15) is 4.79 Å². The summed E-state index contributed by atoms with van der Waals surface area (Å²) >= 11 is 0. The summed E-state index contributed by atoms with van der Waals surface area (Å²) in [6.07, 6.45) is 3.02. The zero-order valence-corrected chi connectivity index (χ0v) is 11.5. The van der Waals surface area contributed by atoms with Gasteiger partial charge >= 0.3 is 5.97 Å². The molecule has 106 valence electrons. The van der Waals surface area contributed by atoms with E-state index in [1.807, 2.05) is 19.1 Å². The molecule has 0 bridgehead atoms. The van der Waals surface area contributed by atoms with Crippen LogP contribution < -0.4 is 10.1 Å². The highest BCUT2D eigenvalue weighted by Crippen LogP contribution is 2.11. The molecule has 0 heterocycles. The topological polar surface area (TPSA) is 58.6 Å². The van der Waals surface area contributed by atoms with E-state index in [0.717, 1.165) is 38.1 Å². The highest BCUT2D eigenvalue weighted by molar-refractivity contribution is 5.66. The molecule has 4 heteroatoms. The van der Waals surface area contributed by atoms with Crippen molar-refractivity contribution in [3.05, 3.63) is 29.8 Å². The number of aliphatic carboxylic acids is 1. The molecule has 0 amide bonds. The van der Waals surface area contributed by atoms with Gasteiger partial charge in [0.2, 0.25) is 0 Å². The second-order valence-electron chi connectivity index (χ2n) is 4.46. The maximum absolute atomic E-state index is 10.3. The maximum atomic E-state index is 10.3.